The van der Waals surface area contributed by atoms with E-state index in [1.807, 2.05) is 0 Å². The van der Waals surface area contributed by atoms with E-state index in [1.165, 1.54) is 25.5 Å². The second kappa shape index (κ2) is 7.02. The molecular weight excluding hydrogens is 258 g/mol. The second-order valence-corrected chi connectivity index (χ2v) is 5.12. The summed E-state index contributed by atoms with van der Waals surface area (Å²) < 4.78 is 0. The lowest BCUT2D eigenvalue weighted by Gasteiger charge is -2.21. The van der Waals surface area contributed by atoms with E-state index in [9.17, 15) is 10.1 Å². The lowest BCUT2D eigenvalue weighted by molar-refractivity contribution is -0.384. The van der Waals surface area contributed by atoms with Gasteiger partial charge in [-0.3, -0.25) is 10.1 Å². The van der Waals surface area contributed by atoms with Crippen molar-refractivity contribution in [2.45, 2.75) is 51.0 Å². The van der Waals surface area contributed by atoms with E-state index in [-0.39, 0.29) is 11.7 Å². The number of anilines is 2. The molecule has 0 bridgehead atoms. The van der Waals surface area contributed by atoms with Gasteiger partial charge < -0.3 is 10.6 Å². The van der Waals surface area contributed by atoms with Crippen LogP contribution in [0.4, 0.5) is 17.5 Å². The molecule has 1 aromatic rings. The van der Waals surface area contributed by atoms with E-state index < -0.39 is 4.92 Å². The molecule has 2 rings (SSSR count). The molecule has 1 aliphatic rings. The summed E-state index contributed by atoms with van der Waals surface area (Å²) in [5.41, 5.74) is -0.0638. The smallest absolute Gasteiger partial charge is 0.329 e. The monoisotopic (exact) mass is 279 g/mol. The molecule has 1 saturated carbocycles. The third-order valence-corrected chi connectivity index (χ3v) is 3.64. The van der Waals surface area contributed by atoms with Gasteiger partial charge in [-0.2, -0.15) is 4.98 Å². The average Bonchev–Trinajstić information content (AvgIpc) is 2.41. The Morgan fingerprint density at radius 3 is 2.50 bits per heavy atom. The van der Waals surface area contributed by atoms with E-state index in [1.54, 1.807) is 7.05 Å². The van der Waals surface area contributed by atoms with Crippen molar-refractivity contribution in [1.82, 2.24) is 9.97 Å². The fourth-order valence-electron chi connectivity index (χ4n) is 2.53. The Morgan fingerprint density at radius 2 is 1.90 bits per heavy atom. The molecule has 1 heterocycles. The quantitative estimate of drug-likeness (QED) is 0.650. The van der Waals surface area contributed by atoms with Crippen molar-refractivity contribution in [3.05, 3.63) is 16.3 Å². The minimum atomic E-state index is -0.440. The highest BCUT2D eigenvalue weighted by molar-refractivity contribution is 5.57. The fourth-order valence-corrected chi connectivity index (χ4v) is 2.53. The second-order valence-electron chi connectivity index (χ2n) is 5.12. The molecule has 110 valence electrons. The maximum Gasteiger partial charge on any atom is 0.329 e. The molecule has 2 N–H and O–H groups in total. The minimum absolute atomic E-state index is 0.0638. The van der Waals surface area contributed by atoms with Gasteiger partial charge in [-0.15, -0.1) is 0 Å². The summed E-state index contributed by atoms with van der Waals surface area (Å²) in [6.07, 6.45) is 9.43. The maximum atomic E-state index is 11.1. The Morgan fingerprint density at radius 1 is 1.25 bits per heavy atom. The van der Waals surface area contributed by atoms with Gasteiger partial charge in [0.05, 0.1) is 4.92 Å². The summed E-state index contributed by atoms with van der Waals surface area (Å²) >= 11 is 0. The van der Waals surface area contributed by atoms with Crippen molar-refractivity contribution >= 4 is 17.5 Å². The molecule has 0 saturated heterocycles. The van der Waals surface area contributed by atoms with E-state index in [0.717, 1.165) is 25.7 Å². The first-order chi connectivity index (χ1) is 9.70. The highest BCUT2D eigenvalue weighted by Gasteiger charge is 2.20. The normalized spacial score (nSPS) is 17.1. The van der Waals surface area contributed by atoms with Gasteiger partial charge in [-0.1, -0.05) is 32.1 Å². The largest absolute Gasteiger partial charge is 0.361 e. The summed E-state index contributed by atoms with van der Waals surface area (Å²) in [6, 6.07) is 0.258. The molecule has 7 heteroatoms. The number of hydrogen-bond acceptors (Lipinski definition) is 6. The van der Waals surface area contributed by atoms with Gasteiger partial charge >= 0.3 is 5.69 Å². The van der Waals surface area contributed by atoms with E-state index in [2.05, 4.69) is 20.6 Å². The van der Waals surface area contributed by atoms with Crippen LogP contribution < -0.4 is 10.6 Å². The molecule has 1 aromatic heterocycles. The highest BCUT2D eigenvalue weighted by atomic mass is 16.6. The first kappa shape index (κ1) is 14.5. The van der Waals surface area contributed by atoms with Crippen LogP contribution in [0.3, 0.4) is 0 Å². The van der Waals surface area contributed by atoms with E-state index in [0.29, 0.717) is 11.8 Å². The van der Waals surface area contributed by atoms with Crippen LogP contribution in [-0.2, 0) is 0 Å². The first-order valence-corrected chi connectivity index (χ1v) is 7.16. The highest BCUT2D eigenvalue weighted by Crippen LogP contribution is 2.26. The predicted octanol–water partition coefficient (Wildman–Crippen LogP) is 2.95. The van der Waals surface area contributed by atoms with Gasteiger partial charge in [-0.25, -0.2) is 4.98 Å². The third kappa shape index (κ3) is 3.79. The number of rotatable bonds is 4. The van der Waals surface area contributed by atoms with Gasteiger partial charge in [0.25, 0.3) is 0 Å². The van der Waals surface area contributed by atoms with Crippen molar-refractivity contribution in [1.29, 1.82) is 0 Å². The lowest BCUT2D eigenvalue weighted by atomic mass is 9.97. The SMILES string of the molecule is CNc1ncc([N+](=O)[O-])c(NC2CCCCCCC2)n1. The molecule has 0 unspecified atom stereocenters. The topological polar surface area (TPSA) is 93.0 Å². The predicted molar refractivity (Wildman–Crippen MR) is 78.0 cm³/mol. The molecule has 20 heavy (non-hydrogen) atoms. The molecule has 0 radical (unpaired) electrons. The molecule has 0 aliphatic heterocycles. The Bertz CT molecular complexity index is 458. The standard InChI is InChI=1S/C13H21N5O2/c1-14-13-15-9-11(18(19)20)12(17-13)16-10-7-5-3-2-4-6-8-10/h9-10H,2-8H2,1H3,(H2,14,15,16,17). The van der Waals surface area contributed by atoms with Gasteiger partial charge in [0, 0.05) is 13.1 Å². The molecular formula is C13H21N5O2. The zero-order chi connectivity index (χ0) is 14.4. The van der Waals surface area contributed by atoms with Crippen LogP contribution in [0.1, 0.15) is 44.9 Å². The third-order valence-electron chi connectivity index (χ3n) is 3.64. The van der Waals surface area contributed by atoms with Crippen LogP contribution in [-0.4, -0.2) is 28.0 Å². The number of nitro groups is 1. The Kier molecular flexibility index (Phi) is 5.09. The van der Waals surface area contributed by atoms with Crippen LogP contribution >= 0.6 is 0 Å². The Hall–Kier alpha value is -1.92. The number of aromatic nitrogens is 2. The molecule has 7 nitrogen and oxygen atoms in total. The van der Waals surface area contributed by atoms with Gasteiger partial charge in [-0.05, 0) is 12.8 Å². The summed E-state index contributed by atoms with van der Waals surface area (Å²) in [6.45, 7) is 0. The summed E-state index contributed by atoms with van der Waals surface area (Å²) in [7, 11) is 1.70. The molecule has 0 aromatic carbocycles. The Balaban J connectivity index is 2.14. The van der Waals surface area contributed by atoms with Crippen molar-refractivity contribution in [3.63, 3.8) is 0 Å². The average molecular weight is 279 g/mol. The molecule has 0 spiro atoms. The van der Waals surface area contributed by atoms with Crippen LogP contribution in [0.2, 0.25) is 0 Å². The van der Waals surface area contributed by atoms with Gasteiger partial charge in [0.15, 0.2) is 0 Å². The van der Waals surface area contributed by atoms with Crippen LogP contribution in [0, 0.1) is 10.1 Å². The summed E-state index contributed by atoms with van der Waals surface area (Å²) in [5, 5.41) is 17.1. The van der Waals surface area contributed by atoms with Crippen LogP contribution in [0.5, 0.6) is 0 Å². The van der Waals surface area contributed by atoms with E-state index in [4.69, 9.17) is 0 Å². The summed E-state index contributed by atoms with van der Waals surface area (Å²) in [5.74, 6) is 0.712. The van der Waals surface area contributed by atoms with Crippen LogP contribution in [0.15, 0.2) is 6.20 Å². The van der Waals surface area contributed by atoms with E-state index >= 15 is 0 Å². The maximum absolute atomic E-state index is 11.1. The van der Waals surface area contributed by atoms with Crippen LogP contribution in [0.25, 0.3) is 0 Å². The molecule has 1 aliphatic carbocycles. The lowest BCUT2D eigenvalue weighted by Crippen LogP contribution is -2.22. The summed E-state index contributed by atoms with van der Waals surface area (Å²) in [4.78, 5) is 18.7. The minimum Gasteiger partial charge on any atom is -0.361 e. The molecule has 0 amide bonds. The molecule has 0 atom stereocenters. The Labute approximate surface area is 118 Å². The first-order valence-electron chi connectivity index (χ1n) is 7.16. The van der Waals surface area contributed by atoms with Crippen molar-refractivity contribution in [2.75, 3.05) is 17.7 Å². The fraction of sp³-hybridized carbons (Fsp3) is 0.692. The number of hydrogen-bond donors (Lipinski definition) is 2. The zero-order valence-corrected chi connectivity index (χ0v) is 11.8. The van der Waals surface area contributed by atoms with Crippen molar-refractivity contribution < 1.29 is 4.92 Å². The van der Waals surface area contributed by atoms with Crippen molar-refractivity contribution in [3.8, 4) is 0 Å². The van der Waals surface area contributed by atoms with Crippen molar-refractivity contribution in [2.24, 2.45) is 0 Å². The molecule has 1 fully saturated rings. The van der Waals surface area contributed by atoms with Gasteiger partial charge in [0.2, 0.25) is 11.8 Å². The number of nitrogens with zero attached hydrogens (tertiary/aromatic N) is 3. The van der Waals surface area contributed by atoms with Gasteiger partial charge in [0.1, 0.15) is 6.20 Å². The number of nitrogens with one attached hydrogen (secondary N) is 2. The zero-order valence-electron chi connectivity index (χ0n) is 11.8.